The molecule has 0 radical (unpaired) electrons. The Hall–Kier alpha value is -1.80. The van der Waals surface area contributed by atoms with E-state index in [1.165, 1.54) is 11.1 Å². The lowest BCUT2D eigenvalue weighted by Gasteiger charge is -2.29. The number of ether oxygens (including phenoxy) is 1. The van der Waals surface area contributed by atoms with Crippen molar-refractivity contribution in [1.82, 2.24) is 0 Å². The fourth-order valence-corrected chi connectivity index (χ4v) is 3.43. The molecule has 0 aromatic heterocycles. The van der Waals surface area contributed by atoms with Crippen LogP contribution in [0.25, 0.3) is 0 Å². The molecule has 2 aromatic carbocycles. The maximum Gasteiger partial charge on any atom is 0.216 e. The van der Waals surface area contributed by atoms with Crippen LogP contribution >= 0.6 is 11.6 Å². The number of alkyl halides is 1. The fourth-order valence-electron chi connectivity index (χ4n) is 2.99. The molecule has 1 aliphatic heterocycles. The summed E-state index contributed by atoms with van der Waals surface area (Å²) in [5.74, 6) is 0.721. The molecule has 0 fully saturated rings. The zero-order valence-electron chi connectivity index (χ0n) is 10.9. The third-order valence-electron chi connectivity index (χ3n) is 4.00. The van der Waals surface area contributed by atoms with Gasteiger partial charge in [0, 0.05) is 5.56 Å². The molecule has 20 heavy (non-hydrogen) atoms. The predicted molar refractivity (Wildman–Crippen MR) is 80.4 cm³/mol. The van der Waals surface area contributed by atoms with Crippen molar-refractivity contribution in [2.45, 2.75) is 23.9 Å². The Morgan fingerprint density at radius 1 is 1.00 bits per heavy atom. The molecule has 0 saturated carbocycles. The van der Waals surface area contributed by atoms with Crippen LogP contribution in [0.5, 0.6) is 0 Å². The van der Waals surface area contributed by atoms with Crippen molar-refractivity contribution < 1.29 is 4.74 Å². The fraction of sp³-hybridized carbons (Fsp3) is 0.235. The summed E-state index contributed by atoms with van der Waals surface area (Å²) in [5.41, 5.74) is 3.49. The van der Waals surface area contributed by atoms with Crippen molar-refractivity contribution >= 4 is 17.5 Å². The monoisotopic (exact) mass is 283 g/mol. The molecule has 4 rings (SSSR count). The number of nitrogens with zero attached hydrogens (tertiary/aromatic N) is 1. The van der Waals surface area contributed by atoms with E-state index in [-0.39, 0.29) is 17.5 Å². The molecule has 2 nitrogen and oxygen atoms in total. The number of rotatable bonds is 1. The van der Waals surface area contributed by atoms with Gasteiger partial charge in [0.2, 0.25) is 5.90 Å². The van der Waals surface area contributed by atoms with Gasteiger partial charge in [0.1, 0.15) is 6.10 Å². The van der Waals surface area contributed by atoms with Crippen LogP contribution < -0.4 is 0 Å². The van der Waals surface area contributed by atoms with Crippen molar-refractivity contribution in [2.24, 2.45) is 4.99 Å². The zero-order chi connectivity index (χ0) is 13.5. The van der Waals surface area contributed by atoms with Gasteiger partial charge < -0.3 is 4.74 Å². The van der Waals surface area contributed by atoms with E-state index < -0.39 is 0 Å². The highest BCUT2D eigenvalue weighted by molar-refractivity contribution is 6.21. The molecule has 0 N–H and O–H groups in total. The van der Waals surface area contributed by atoms with Gasteiger partial charge in [0.15, 0.2) is 0 Å². The third kappa shape index (κ3) is 1.83. The number of fused-ring (bicyclic) bond motifs is 2. The van der Waals surface area contributed by atoms with Gasteiger partial charge in [-0.15, -0.1) is 11.6 Å². The van der Waals surface area contributed by atoms with E-state index >= 15 is 0 Å². The Kier molecular flexibility index (Phi) is 2.78. The normalized spacial score (nSPS) is 27.2. The van der Waals surface area contributed by atoms with Crippen molar-refractivity contribution in [3.8, 4) is 0 Å². The molecular weight excluding hydrogens is 270 g/mol. The zero-order valence-corrected chi connectivity index (χ0v) is 11.6. The average molecular weight is 284 g/mol. The second kappa shape index (κ2) is 4.64. The lowest BCUT2D eigenvalue weighted by molar-refractivity contribution is 0.178. The summed E-state index contributed by atoms with van der Waals surface area (Å²) in [4.78, 5) is 4.74. The van der Waals surface area contributed by atoms with E-state index in [2.05, 4.69) is 18.2 Å². The molecule has 3 atom stereocenters. The topological polar surface area (TPSA) is 21.6 Å². The largest absolute Gasteiger partial charge is 0.470 e. The van der Waals surface area contributed by atoms with E-state index in [0.717, 1.165) is 17.9 Å². The van der Waals surface area contributed by atoms with Crippen LogP contribution in [-0.4, -0.2) is 18.0 Å². The summed E-state index contributed by atoms with van der Waals surface area (Å²) < 4.78 is 6.04. The van der Waals surface area contributed by atoms with Gasteiger partial charge in [0.05, 0.1) is 11.4 Å². The van der Waals surface area contributed by atoms with Crippen LogP contribution in [-0.2, 0) is 11.2 Å². The Morgan fingerprint density at radius 2 is 1.75 bits per heavy atom. The van der Waals surface area contributed by atoms with Gasteiger partial charge in [0.25, 0.3) is 0 Å². The van der Waals surface area contributed by atoms with Gasteiger partial charge in [-0.3, -0.25) is 0 Å². The molecule has 0 saturated heterocycles. The van der Waals surface area contributed by atoms with E-state index in [1.807, 2.05) is 36.4 Å². The summed E-state index contributed by atoms with van der Waals surface area (Å²) in [6.07, 6.45) is 0.849. The highest BCUT2D eigenvalue weighted by Crippen LogP contribution is 2.40. The summed E-state index contributed by atoms with van der Waals surface area (Å²) in [6, 6.07) is 18.5. The Bertz CT molecular complexity index is 668. The number of benzene rings is 2. The average Bonchev–Trinajstić information content (AvgIpc) is 2.93. The van der Waals surface area contributed by atoms with E-state index in [9.17, 15) is 0 Å². The molecule has 1 heterocycles. The lowest BCUT2D eigenvalue weighted by Crippen LogP contribution is -2.33. The Morgan fingerprint density at radius 3 is 2.60 bits per heavy atom. The van der Waals surface area contributed by atoms with Crippen LogP contribution in [0.4, 0.5) is 0 Å². The molecule has 0 spiro atoms. The highest BCUT2D eigenvalue weighted by Gasteiger charge is 2.41. The molecule has 2 aliphatic rings. The summed E-state index contributed by atoms with van der Waals surface area (Å²) in [5, 5.41) is -0.130. The summed E-state index contributed by atoms with van der Waals surface area (Å²) >= 11 is 6.60. The standard InChI is InChI=1S/C17H14ClNO/c18-15-13-9-5-4-8-12(13)10-14-16(15)20-17(19-14)11-6-2-1-3-7-11/h1-9,14-16H,10H2. The summed E-state index contributed by atoms with van der Waals surface area (Å²) in [7, 11) is 0. The van der Waals surface area contributed by atoms with Crippen molar-refractivity contribution in [1.29, 1.82) is 0 Å². The first kappa shape index (κ1) is 12.0. The third-order valence-corrected chi connectivity index (χ3v) is 4.48. The SMILES string of the molecule is ClC1c2ccccc2CC2N=C(c3ccccc3)OC21. The van der Waals surface area contributed by atoms with Gasteiger partial charge in [-0.2, -0.15) is 0 Å². The van der Waals surface area contributed by atoms with Crippen molar-refractivity contribution in [2.75, 3.05) is 0 Å². The Balaban J connectivity index is 1.69. The van der Waals surface area contributed by atoms with Crippen molar-refractivity contribution in [3.63, 3.8) is 0 Å². The van der Waals surface area contributed by atoms with Crippen LogP contribution in [0.1, 0.15) is 22.1 Å². The molecular formula is C17H14ClNO. The summed E-state index contributed by atoms with van der Waals surface area (Å²) in [6.45, 7) is 0. The molecule has 3 unspecified atom stereocenters. The quantitative estimate of drug-likeness (QED) is 0.731. The first-order chi connectivity index (χ1) is 9.83. The van der Waals surface area contributed by atoms with Crippen LogP contribution in [0.2, 0.25) is 0 Å². The number of hydrogen-bond donors (Lipinski definition) is 0. The van der Waals surface area contributed by atoms with Gasteiger partial charge >= 0.3 is 0 Å². The predicted octanol–water partition coefficient (Wildman–Crippen LogP) is 3.74. The highest BCUT2D eigenvalue weighted by atomic mass is 35.5. The first-order valence-corrected chi connectivity index (χ1v) is 7.28. The number of hydrogen-bond acceptors (Lipinski definition) is 2. The smallest absolute Gasteiger partial charge is 0.216 e. The number of aliphatic imine (C=N–C) groups is 1. The first-order valence-electron chi connectivity index (χ1n) is 6.85. The van der Waals surface area contributed by atoms with Gasteiger partial charge in [-0.25, -0.2) is 4.99 Å². The second-order valence-corrected chi connectivity index (χ2v) is 5.72. The van der Waals surface area contributed by atoms with E-state index in [1.54, 1.807) is 0 Å². The molecule has 100 valence electrons. The Labute approximate surface area is 123 Å². The van der Waals surface area contributed by atoms with Crippen molar-refractivity contribution in [3.05, 3.63) is 71.3 Å². The minimum absolute atomic E-state index is 0.0539. The molecule has 2 aromatic rings. The van der Waals surface area contributed by atoms with Gasteiger partial charge in [-0.1, -0.05) is 42.5 Å². The molecule has 1 aliphatic carbocycles. The second-order valence-electron chi connectivity index (χ2n) is 5.25. The minimum atomic E-state index is -0.130. The minimum Gasteiger partial charge on any atom is -0.470 e. The van der Waals surface area contributed by atoms with E-state index in [0.29, 0.717) is 0 Å². The molecule has 0 amide bonds. The van der Waals surface area contributed by atoms with Gasteiger partial charge in [-0.05, 0) is 29.7 Å². The van der Waals surface area contributed by atoms with Crippen LogP contribution in [0, 0.1) is 0 Å². The maximum absolute atomic E-state index is 6.60. The van der Waals surface area contributed by atoms with Crippen LogP contribution in [0.15, 0.2) is 59.6 Å². The van der Waals surface area contributed by atoms with Crippen LogP contribution in [0.3, 0.4) is 0 Å². The molecule has 0 bridgehead atoms. The maximum atomic E-state index is 6.60. The molecule has 3 heteroatoms. The lowest BCUT2D eigenvalue weighted by atomic mass is 9.86. The van der Waals surface area contributed by atoms with E-state index in [4.69, 9.17) is 21.3 Å². The number of halogens is 1.